The third-order valence-corrected chi connectivity index (χ3v) is 2.07. The lowest BCUT2D eigenvalue weighted by Gasteiger charge is -2.17. The average Bonchev–Trinajstić information content (AvgIpc) is 2.59. The third kappa shape index (κ3) is 0.948. The Morgan fingerprint density at radius 1 is 1.30 bits per heavy atom. The van der Waals surface area contributed by atoms with Crippen molar-refractivity contribution in [3.05, 3.63) is 24.4 Å². The SMILES string of the molecule is C1=CC(C2CC=CN2)NC1. The van der Waals surface area contributed by atoms with Gasteiger partial charge in [0.2, 0.25) is 0 Å². The van der Waals surface area contributed by atoms with Gasteiger partial charge in [-0.1, -0.05) is 18.2 Å². The lowest BCUT2D eigenvalue weighted by Crippen LogP contribution is -2.40. The van der Waals surface area contributed by atoms with Gasteiger partial charge in [0.1, 0.15) is 0 Å². The molecule has 0 aliphatic carbocycles. The first kappa shape index (κ1) is 5.98. The summed E-state index contributed by atoms with van der Waals surface area (Å²) in [4.78, 5) is 0. The van der Waals surface area contributed by atoms with Crippen LogP contribution in [0, 0.1) is 0 Å². The van der Waals surface area contributed by atoms with Crippen molar-refractivity contribution in [1.82, 2.24) is 10.6 Å². The third-order valence-electron chi connectivity index (χ3n) is 2.07. The van der Waals surface area contributed by atoms with E-state index in [1.807, 2.05) is 6.20 Å². The summed E-state index contributed by atoms with van der Waals surface area (Å²) in [5, 5.41) is 6.69. The van der Waals surface area contributed by atoms with Crippen LogP contribution in [0.1, 0.15) is 6.42 Å². The summed E-state index contributed by atoms with van der Waals surface area (Å²) in [5.41, 5.74) is 0. The van der Waals surface area contributed by atoms with Crippen LogP contribution in [0.5, 0.6) is 0 Å². The zero-order valence-electron chi connectivity index (χ0n) is 5.88. The molecule has 54 valence electrons. The molecule has 0 bridgehead atoms. The highest BCUT2D eigenvalue weighted by Gasteiger charge is 2.20. The maximum Gasteiger partial charge on any atom is 0.0480 e. The Morgan fingerprint density at radius 2 is 2.30 bits per heavy atom. The van der Waals surface area contributed by atoms with Crippen molar-refractivity contribution in [2.75, 3.05) is 6.54 Å². The van der Waals surface area contributed by atoms with Gasteiger partial charge in [0.15, 0.2) is 0 Å². The van der Waals surface area contributed by atoms with Gasteiger partial charge in [0, 0.05) is 18.6 Å². The van der Waals surface area contributed by atoms with E-state index in [1.54, 1.807) is 0 Å². The van der Waals surface area contributed by atoms with E-state index in [2.05, 4.69) is 28.9 Å². The van der Waals surface area contributed by atoms with Crippen molar-refractivity contribution >= 4 is 0 Å². The molecule has 2 unspecified atom stereocenters. The summed E-state index contributed by atoms with van der Waals surface area (Å²) in [7, 11) is 0. The van der Waals surface area contributed by atoms with E-state index in [0.717, 1.165) is 13.0 Å². The van der Waals surface area contributed by atoms with E-state index >= 15 is 0 Å². The maximum atomic E-state index is 3.38. The van der Waals surface area contributed by atoms with E-state index in [4.69, 9.17) is 0 Å². The molecule has 0 saturated carbocycles. The molecule has 10 heavy (non-hydrogen) atoms. The largest absolute Gasteiger partial charge is 0.386 e. The normalized spacial score (nSPS) is 36.8. The molecule has 0 aromatic rings. The van der Waals surface area contributed by atoms with Crippen LogP contribution in [0.3, 0.4) is 0 Å². The molecular formula is C8H12N2. The molecule has 2 aliphatic heterocycles. The Balaban J connectivity index is 1.93. The summed E-state index contributed by atoms with van der Waals surface area (Å²) in [6.07, 6.45) is 9.80. The first-order valence-corrected chi connectivity index (χ1v) is 3.78. The molecule has 2 heteroatoms. The van der Waals surface area contributed by atoms with Crippen LogP contribution < -0.4 is 10.6 Å². The standard InChI is InChI=1S/C8H12N2/c1-3-7(9-5-1)8-4-2-6-10-8/h1-3,6-10H,4-5H2. The van der Waals surface area contributed by atoms with Crippen LogP contribution in [0.2, 0.25) is 0 Å². The summed E-state index contributed by atoms with van der Waals surface area (Å²) >= 11 is 0. The number of hydrogen-bond donors (Lipinski definition) is 2. The minimum Gasteiger partial charge on any atom is -0.386 e. The van der Waals surface area contributed by atoms with Gasteiger partial charge in [-0.15, -0.1) is 0 Å². The average molecular weight is 136 g/mol. The van der Waals surface area contributed by atoms with Crippen LogP contribution in [0.4, 0.5) is 0 Å². The fraction of sp³-hybridized carbons (Fsp3) is 0.500. The molecule has 2 atom stereocenters. The van der Waals surface area contributed by atoms with Gasteiger partial charge < -0.3 is 10.6 Å². The molecule has 0 amide bonds. The maximum absolute atomic E-state index is 3.38. The molecule has 0 spiro atoms. The van der Waals surface area contributed by atoms with Gasteiger partial charge >= 0.3 is 0 Å². The Kier molecular flexibility index (Phi) is 1.47. The van der Waals surface area contributed by atoms with Gasteiger partial charge in [0.25, 0.3) is 0 Å². The lowest BCUT2D eigenvalue weighted by atomic mass is 10.1. The molecule has 2 N–H and O–H groups in total. The molecule has 0 aromatic carbocycles. The second-order valence-corrected chi connectivity index (χ2v) is 2.77. The van der Waals surface area contributed by atoms with E-state index < -0.39 is 0 Å². The van der Waals surface area contributed by atoms with Crippen LogP contribution in [0.15, 0.2) is 24.4 Å². The second-order valence-electron chi connectivity index (χ2n) is 2.77. The van der Waals surface area contributed by atoms with Gasteiger partial charge in [-0.3, -0.25) is 0 Å². The highest BCUT2D eigenvalue weighted by atomic mass is 15.0. The predicted octanol–water partition coefficient (Wildman–Crippen LogP) is 0.390. The molecular weight excluding hydrogens is 124 g/mol. The first-order chi connectivity index (χ1) is 4.97. The molecule has 0 saturated heterocycles. The summed E-state index contributed by atoms with van der Waals surface area (Å²) in [6.45, 7) is 1.03. The minimum atomic E-state index is 0.551. The lowest BCUT2D eigenvalue weighted by molar-refractivity contribution is 0.505. The summed E-state index contributed by atoms with van der Waals surface area (Å²) in [6, 6.07) is 1.15. The van der Waals surface area contributed by atoms with Gasteiger partial charge in [-0.2, -0.15) is 0 Å². The quantitative estimate of drug-likeness (QED) is 0.509. The molecule has 2 aliphatic rings. The van der Waals surface area contributed by atoms with Crippen molar-refractivity contribution < 1.29 is 0 Å². The topological polar surface area (TPSA) is 24.1 Å². The zero-order chi connectivity index (χ0) is 6.81. The predicted molar refractivity (Wildman–Crippen MR) is 41.6 cm³/mol. The van der Waals surface area contributed by atoms with Crippen molar-refractivity contribution in [1.29, 1.82) is 0 Å². The fourth-order valence-electron chi connectivity index (χ4n) is 1.49. The fourth-order valence-corrected chi connectivity index (χ4v) is 1.49. The zero-order valence-corrected chi connectivity index (χ0v) is 5.88. The summed E-state index contributed by atoms with van der Waals surface area (Å²) < 4.78 is 0. The van der Waals surface area contributed by atoms with Crippen molar-refractivity contribution in [2.24, 2.45) is 0 Å². The van der Waals surface area contributed by atoms with E-state index in [0.29, 0.717) is 12.1 Å². The van der Waals surface area contributed by atoms with Crippen LogP contribution in [-0.4, -0.2) is 18.6 Å². The molecule has 0 fully saturated rings. The smallest absolute Gasteiger partial charge is 0.0480 e. The molecule has 2 heterocycles. The Morgan fingerprint density at radius 3 is 2.90 bits per heavy atom. The number of nitrogens with one attached hydrogen (secondary N) is 2. The number of hydrogen-bond acceptors (Lipinski definition) is 2. The van der Waals surface area contributed by atoms with Gasteiger partial charge in [-0.05, 0) is 12.6 Å². The minimum absolute atomic E-state index is 0.551. The Labute approximate surface area is 61.0 Å². The van der Waals surface area contributed by atoms with Crippen molar-refractivity contribution in [2.45, 2.75) is 18.5 Å². The van der Waals surface area contributed by atoms with E-state index in [-0.39, 0.29) is 0 Å². The van der Waals surface area contributed by atoms with Crippen molar-refractivity contribution in [3.8, 4) is 0 Å². The van der Waals surface area contributed by atoms with E-state index in [1.165, 1.54) is 0 Å². The van der Waals surface area contributed by atoms with Crippen molar-refractivity contribution in [3.63, 3.8) is 0 Å². The van der Waals surface area contributed by atoms with Gasteiger partial charge in [0.05, 0.1) is 0 Å². The first-order valence-electron chi connectivity index (χ1n) is 3.78. The summed E-state index contributed by atoms with van der Waals surface area (Å²) in [5.74, 6) is 0. The molecule has 0 radical (unpaired) electrons. The van der Waals surface area contributed by atoms with Crippen LogP contribution >= 0.6 is 0 Å². The second kappa shape index (κ2) is 2.46. The Hall–Kier alpha value is -0.760. The number of rotatable bonds is 1. The van der Waals surface area contributed by atoms with Gasteiger partial charge in [-0.25, -0.2) is 0 Å². The van der Waals surface area contributed by atoms with E-state index in [9.17, 15) is 0 Å². The monoisotopic (exact) mass is 136 g/mol. The van der Waals surface area contributed by atoms with Crippen LogP contribution in [-0.2, 0) is 0 Å². The molecule has 0 aromatic heterocycles. The molecule has 2 rings (SSSR count). The molecule has 2 nitrogen and oxygen atoms in total. The highest BCUT2D eigenvalue weighted by molar-refractivity contribution is 5.11. The highest BCUT2D eigenvalue weighted by Crippen LogP contribution is 2.09. The van der Waals surface area contributed by atoms with Crippen LogP contribution in [0.25, 0.3) is 0 Å². The Bertz CT molecular complexity index is 164.